The van der Waals surface area contributed by atoms with Crippen LogP contribution in [0.25, 0.3) is 0 Å². The number of ether oxygens (including phenoxy) is 12. The molecule has 6 heterocycles. The Labute approximate surface area is 478 Å². The van der Waals surface area contributed by atoms with Gasteiger partial charge in [-0.1, -0.05) is 33.1 Å². The first-order valence-corrected chi connectivity index (χ1v) is 28.1. The summed E-state index contributed by atoms with van der Waals surface area (Å²) in [5.74, 6) is -1.96. The van der Waals surface area contributed by atoms with Crippen molar-refractivity contribution in [2.24, 2.45) is 11.8 Å². The molecule has 32 nitrogen and oxygen atoms in total. The number of hydrogen-bond acceptors (Lipinski definition) is 31. The van der Waals surface area contributed by atoms with Crippen LogP contribution in [0.5, 0.6) is 0 Å². The number of ketones is 1. The number of carbonyl (C=O) groups is 2. The normalized spacial score (nSPS) is 45.5. The minimum atomic E-state index is -2.17. The standard InChI is InChI=1S/C51H89NO31/c1-18(20(3)58)10-8-6-7-9-11-72-48-39(70)37(68)42(27(16-56)76-48)81-50-40(71)45(79-29-12-23(60)30(52-22(5)59)44(78-29)32(63)24(61)13-53)43(28(17-57)77-50)82-47-19(2)41(34(65)26(15-55)74-47)80-51-46(36(67)33(64)25(14-54)75-51)83-49-38(69)35(66)31(62)21(4)73-49/h18-19,21,23-51,53-57,60-71H,6-17H2,1-5H3,(H,52,59)/t18-,19?,21?,23?,24+,25?,26?,27?,28?,29?,30+,31+,32+,33-,34-,35-,36-,37+,38?,39?,40?,41+,42+,43-,44+,45+,46?,47-,48+,49-,50-,51-/m0/s1. The van der Waals surface area contributed by atoms with Crippen LogP contribution < -0.4 is 5.32 Å². The topological polar surface area (TPSA) is 501 Å². The van der Waals surface area contributed by atoms with Crippen LogP contribution >= 0.6 is 0 Å². The SMILES string of the molecule is CC(=O)N[C@@H]1C(O)CC(O[C@@H]2C(O)[C@H](O[C@@H]3C(CO)O[C@@H](OCCCCCC[C@H](C)C(C)=O)C(O)[C@H]3O)OC(CO)[C@@H]2O[C@@H]2OC(CO)[C@H](O)[C@H](O[C@@H]3OC(CO)[C@H](O)[C@H](O)C3O[C@@H]3OC(C)[C@@H](O)[C@H](O)C3O)C2C)O[C@H]1[C@H](O)[C@H](O)CO. The minimum Gasteiger partial charge on any atom is -0.394 e. The lowest BCUT2D eigenvalue weighted by Gasteiger charge is -2.51. The zero-order valence-electron chi connectivity index (χ0n) is 46.8. The predicted molar refractivity (Wildman–Crippen MR) is 270 cm³/mol. The second-order valence-corrected chi connectivity index (χ2v) is 22.3. The summed E-state index contributed by atoms with van der Waals surface area (Å²) in [4.78, 5) is 23.8. The molecule has 0 aromatic heterocycles. The molecule has 6 aliphatic heterocycles. The molecular weight excluding hydrogens is 1120 g/mol. The highest BCUT2D eigenvalue weighted by atomic mass is 16.8. The highest BCUT2D eigenvalue weighted by Gasteiger charge is 2.58. The number of aliphatic hydroxyl groups is 17. The third kappa shape index (κ3) is 16.8. The monoisotopic (exact) mass is 1210 g/mol. The molecule has 6 fully saturated rings. The summed E-state index contributed by atoms with van der Waals surface area (Å²) in [6.07, 6.45) is -48.4. The van der Waals surface area contributed by atoms with Gasteiger partial charge in [0, 0.05) is 31.8 Å². The lowest BCUT2D eigenvalue weighted by molar-refractivity contribution is -0.401. The largest absolute Gasteiger partial charge is 0.394 e. The molecule has 12 unspecified atom stereocenters. The van der Waals surface area contributed by atoms with E-state index in [4.69, 9.17) is 56.8 Å². The number of amides is 1. The average Bonchev–Trinajstić information content (AvgIpc) is 2.81. The Hall–Kier alpha value is -2.02. The van der Waals surface area contributed by atoms with E-state index in [2.05, 4.69) is 5.32 Å². The first kappa shape index (κ1) is 70.1. The summed E-state index contributed by atoms with van der Waals surface area (Å²) >= 11 is 0. The van der Waals surface area contributed by atoms with Gasteiger partial charge in [0.2, 0.25) is 5.91 Å². The van der Waals surface area contributed by atoms with Crippen LogP contribution in [0, 0.1) is 11.8 Å². The van der Waals surface area contributed by atoms with E-state index in [1.165, 1.54) is 20.8 Å². The molecule has 484 valence electrons. The Morgan fingerprint density at radius 1 is 0.518 bits per heavy atom. The van der Waals surface area contributed by atoms with Crippen molar-refractivity contribution in [1.29, 1.82) is 0 Å². The Kier molecular flexibility index (Phi) is 27.0. The lowest BCUT2D eigenvalue weighted by atomic mass is 9.90. The molecule has 1 amide bonds. The molecule has 0 aromatic carbocycles. The van der Waals surface area contributed by atoms with Gasteiger partial charge in [-0.3, -0.25) is 9.59 Å². The smallest absolute Gasteiger partial charge is 0.217 e. The highest BCUT2D eigenvalue weighted by molar-refractivity contribution is 5.77. The van der Waals surface area contributed by atoms with Crippen molar-refractivity contribution in [2.75, 3.05) is 39.6 Å². The van der Waals surface area contributed by atoms with Gasteiger partial charge in [0.05, 0.1) is 57.4 Å². The fourth-order valence-electron chi connectivity index (χ4n) is 10.9. The molecule has 18 N–H and O–H groups in total. The molecule has 0 bridgehead atoms. The van der Waals surface area contributed by atoms with Crippen LogP contribution in [0.1, 0.15) is 73.1 Å². The van der Waals surface area contributed by atoms with Gasteiger partial charge in [-0.25, -0.2) is 0 Å². The fraction of sp³-hybridized carbons (Fsp3) is 0.961. The zero-order valence-corrected chi connectivity index (χ0v) is 46.8. The highest BCUT2D eigenvalue weighted by Crippen LogP contribution is 2.40. The van der Waals surface area contributed by atoms with Gasteiger partial charge in [-0.15, -0.1) is 0 Å². The summed E-state index contributed by atoms with van der Waals surface area (Å²) in [6, 6.07) is -1.43. The van der Waals surface area contributed by atoms with Gasteiger partial charge in [-0.05, 0) is 26.7 Å². The van der Waals surface area contributed by atoms with E-state index in [1.807, 2.05) is 6.92 Å². The number of Topliss-reactive ketones (excluding diaryl/α,β-unsaturated/α-hetero) is 1. The Balaban J connectivity index is 1.27. The average molecular weight is 1210 g/mol. The zero-order chi connectivity index (χ0) is 61.3. The summed E-state index contributed by atoms with van der Waals surface area (Å²) in [5, 5.41) is 188. The molecule has 0 saturated carbocycles. The summed E-state index contributed by atoms with van der Waals surface area (Å²) in [5.41, 5.74) is 0. The van der Waals surface area contributed by atoms with E-state index >= 15 is 0 Å². The maximum absolute atomic E-state index is 12.3. The quantitative estimate of drug-likeness (QED) is 0.0340. The molecular formula is C51H89NO31. The van der Waals surface area contributed by atoms with Crippen LogP contribution in [0.2, 0.25) is 0 Å². The van der Waals surface area contributed by atoms with E-state index in [1.54, 1.807) is 0 Å². The van der Waals surface area contributed by atoms with Crippen molar-refractivity contribution in [3.63, 3.8) is 0 Å². The van der Waals surface area contributed by atoms with Crippen molar-refractivity contribution >= 4 is 11.7 Å². The molecule has 0 aromatic rings. The first-order chi connectivity index (χ1) is 39.3. The van der Waals surface area contributed by atoms with Crippen molar-refractivity contribution in [3.8, 4) is 0 Å². The van der Waals surface area contributed by atoms with E-state index in [9.17, 15) is 96.4 Å². The van der Waals surface area contributed by atoms with Crippen LogP contribution in [0.3, 0.4) is 0 Å². The van der Waals surface area contributed by atoms with Gasteiger partial charge in [0.1, 0.15) is 128 Å². The predicted octanol–water partition coefficient (Wildman–Crippen LogP) is -8.70. The van der Waals surface area contributed by atoms with Gasteiger partial charge in [0.25, 0.3) is 0 Å². The Bertz CT molecular complexity index is 1950. The number of rotatable bonds is 27. The van der Waals surface area contributed by atoms with Crippen molar-refractivity contribution < 1.29 is 153 Å². The number of carbonyl (C=O) groups excluding carboxylic acids is 2. The second kappa shape index (κ2) is 31.9. The summed E-state index contributed by atoms with van der Waals surface area (Å²) in [7, 11) is 0. The summed E-state index contributed by atoms with van der Waals surface area (Å²) < 4.78 is 72.0. The van der Waals surface area contributed by atoms with E-state index in [0.29, 0.717) is 12.8 Å². The molecule has 0 aliphatic carbocycles. The Morgan fingerprint density at radius 2 is 1.05 bits per heavy atom. The molecule has 6 rings (SSSR count). The molecule has 32 atom stereocenters. The maximum atomic E-state index is 12.3. The molecule has 32 heteroatoms. The Morgan fingerprint density at radius 3 is 1.67 bits per heavy atom. The van der Waals surface area contributed by atoms with Crippen molar-refractivity contribution in [2.45, 2.75) is 257 Å². The van der Waals surface area contributed by atoms with Crippen LogP contribution in [0.4, 0.5) is 0 Å². The van der Waals surface area contributed by atoms with E-state index < -0.39 is 235 Å². The summed E-state index contributed by atoms with van der Waals surface area (Å²) in [6.45, 7) is 2.53. The third-order valence-corrected chi connectivity index (χ3v) is 16.2. The molecule has 83 heavy (non-hydrogen) atoms. The second-order valence-electron chi connectivity index (χ2n) is 22.3. The number of nitrogens with one attached hydrogen (secondary N) is 1. The molecule has 0 radical (unpaired) electrons. The van der Waals surface area contributed by atoms with Crippen molar-refractivity contribution in [1.82, 2.24) is 5.32 Å². The number of unbranched alkanes of at least 4 members (excludes halogenated alkanes) is 3. The van der Waals surface area contributed by atoms with Gasteiger partial charge < -0.3 is 149 Å². The van der Waals surface area contributed by atoms with Crippen LogP contribution in [0.15, 0.2) is 0 Å². The molecule has 6 aliphatic rings. The molecule has 0 spiro atoms. The maximum Gasteiger partial charge on any atom is 0.217 e. The van der Waals surface area contributed by atoms with Gasteiger partial charge >= 0.3 is 0 Å². The third-order valence-electron chi connectivity index (χ3n) is 16.2. The number of hydrogen-bond donors (Lipinski definition) is 18. The van der Waals surface area contributed by atoms with E-state index in [-0.39, 0.29) is 18.3 Å². The van der Waals surface area contributed by atoms with Crippen molar-refractivity contribution in [3.05, 3.63) is 0 Å². The fourth-order valence-corrected chi connectivity index (χ4v) is 10.9. The minimum absolute atomic E-state index is 0.0658. The van der Waals surface area contributed by atoms with E-state index in [0.717, 1.165) is 26.2 Å². The number of aliphatic hydroxyl groups excluding tert-OH is 17. The first-order valence-electron chi connectivity index (χ1n) is 28.1. The van der Waals surface area contributed by atoms with Crippen LogP contribution in [-0.4, -0.2) is 322 Å². The molecule has 6 saturated heterocycles. The van der Waals surface area contributed by atoms with Gasteiger partial charge in [0.15, 0.2) is 37.7 Å². The van der Waals surface area contributed by atoms with Gasteiger partial charge in [-0.2, -0.15) is 0 Å². The van der Waals surface area contributed by atoms with Crippen LogP contribution in [-0.2, 0) is 66.4 Å². The lowest BCUT2D eigenvalue weighted by Crippen LogP contribution is -2.68.